The highest BCUT2D eigenvalue weighted by Gasteiger charge is 2.32. The van der Waals surface area contributed by atoms with Gasteiger partial charge in [-0.15, -0.1) is 0 Å². The van der Waals surface area contributed by atoms with Gasteiger partial charge in [0, 0.05) is 17.3 Å². The van der Waals surface area contributed by atoms with E-state index in [0.717, 1.165) is 10.6 Å². The van der Waals surface area contributed by atoms with Crippen molar-refractivity contribution in [2.45, 2.75) is 13.8 Å². The molecule has 0 saturated heterocycles. The Bertz CT molecular complexity index is 1290. The summed E-state index contributed by atoms with van der Waals surface area (Å²) in [5.74, 6) is -1.75. The number of aryl methyl sites for hydroxylation is 1. The number of benzene rings is 1. The molecule has 3 aromatic rings. The van der Waals surface area contributed by atoms with E-state index in [0.29, 0.717) is 22.8 Å². The number of para-hydroxylation sites is 1. The number of amides is 2. The van der Waals surface area contributed by atoms with Crippen molar-refractivity contribution in [3.63, 3.8) is 0 Å². The number of H-pyrrole nitrogens is 1. The summed E-state index contributed by atoms with van der Waals surface area (Å²) >= 11 is 0. The SMILES string of the molecule is CCOC(=O)c1nc(-c2ccccc2-n2c(N)c3c(cc2=O)C(=O)NC3=O)[nH]c1C. The Morgan fingerprint density at radius 3 is 2.63 bits per heavy atom. The largest absolute Gasteiger partial charge is 0.461 e. The molecule has 0 atom stereocenters. The highest BCUT2D eigenvalue weighted by molar-refractivity contribution is 6.23. The number of carbonyl (C=O) groups is 3. The van der Waals surface area contributed by atoms with Crippen molar-refractivity contribution in [1.82, 2.24) is 19.9 Å². The molecule has 0 spiro atoms. The molecule has 2 aromatic heterocycles. The van der Waals surface area contributed by atoms with Gasteiger partial charge in [-0.05, 0) is 26.0 Å². The van der Waals surface area contributed by atoms with Gasteiger partial charge in [-0.3, -0.25) is 24.3 Å². The van der Waals surface area contributed by atoms with Crippen LogP contribution in [0.25, 0.3) is 17.1 Å². The number of imidazole rings is 1. The molecule has 10 nitrogen and oxygen atoms in total. The lowest BCUT2D eigenvalue weighted by Crippen LogP contribution is -2.24. The predicted molar refractivity (Wildman–Crippen MR) is 107 cm³/mol. The second-order valence-electron chi connectivity index (χ2n) is 6.57. The molecule has 0 aliphatic carbocycles. The maximum absolute atomic E-state index is 12.8. The van der Waals surface area contributed by atoms with Crippen LogP contribution in [0.3, 0.4) is 0 Å². The van der Waals surface area contributed by atoms with Crippen LogP contribution < -0.4 is 16.6 Å². The van der Waals surface area contributed by atoms with E-state index in [-0.39, 0.29) is 29.2 Å². The normalized spacial score (nSPS) is 12.6. The third kappa shape index (κ3) is 2.85. The first kappa shape index (κ1) is 19.1. The number of nitrogens with one attached hydrogen (secondary N) is 2. The van der Waals surface area contributed by atoms with Crippen LogP contribution in [0.15, 0.2) is 35.1 Å². The Morgan fingerprint density at radius 1 is 1.17 bits per heavy atom. The smallest absolute Gasteiger partial charge is 0.358 e. The molecule has 4 N–H and O–H groups in total. The zero-order valence-corrected chi connectivity index (χ0v) is 16.1. The summed E-state index contributed by atoms with van der Waals surface area (Å²) in [7, 11) is 0. The quantitative estimate of drug-likeness (QED) is 0.434. The van der Waals surface area contributed by atoms with Crippen LogP contribution >= 0.6 is 0 Å². The predicted octanol–water partition coefficient (Wildman–Crippen LogP) is 1.18. The molecule has 0 unspecified atom stereocenters. The molecule has 30 heavy (non-hydrogen) atoms. The number of nitrogens with two attached hydrogens (primary N) is 1. The lowest BCUT2D eigenvalue weighted by Gasteiger charge is -2.14. The summed E-state index contributed by atoms with van der Waals surface area (Å²) < 4.78 is 6.14. The van der Waals surface area contributed by atoms with Crippen molar-refractivity contribution in [3.8, 4) is 17.1 Å². The molecule has 152 valence electrons. The van der Waals surface area contributed by atoms with Crippen molar-refractivity contribution < 1.29 is 19.1 Å². The summed E-state index contributed by atoms with van der Waals surface area (Å²) in [6.45, 7) is 3.58. The number of hydrogen-bond donors (Lipinski definition) is 3. The van der Waals surface area contributed by atoms with Crippen molar-refractivity contribution in [2.24, 2.45) is 0 Å². The van der Waals surface area contributed by atoms with Crippen molar-refractivity contribution >= 4 is 23.6 Å². The first-order valence-electron chi connectivity index (χ1n) is 9.08. The molecular weight excluding hydrogens is 390 g/mol. The molecule has 0 fully saturated rings. The minimum atomic E-state index is -0.669. The Kier molecular flexibility index (Phi) is 4.46. The number of fused-ring (bicyclic) bond motifs is 1. The van der Waals surface area contributed by atoms with Gasteiger partial charge in [-0.1, -0.05) is 12.1 Å². The van der Waals surface area contributed by atoms with Gasteiger partial charge in [-0.2, -0.15) is 0 Å². The Hall–Kier alpha value is -4.21. The van der Waals surface area contributed by atoms with Gasteiger partial charge in [-0.25, -0.2) is 9.78 Å². The van der Waals surface area contributed by atoms with Crippen LogP contribution in [0.2, 0.25) is 0 Å². The molecular formula is C20H17N5O5. The first-order chi connectivity index (χ1) is 14.3. The molecule has 1 aromatic carbocycles. The van der Waals surface area contributed by atoms with Crippen LogP contribution in [-0.4, -0.2) is 38.9 Å². The van der Waals surface area contributed by atoms with Crippen LogP contribution in [0.1, 0.15) is 43.8 Å². The van der Waals surface area contributed by atoms with Crippen LogP contribution in [-0.2, 0) is 4.74 Å². The number of esters is 1. The monoisotopic (exact) mass is 407 g/mol. The van der Waals surface area contributed by atoms with Gasteiger partial charge in [0.25, 0.3) is 17.4 Å². The summed E-state index contributed by atoms with van der Waals surface area (Å²) in [5.41, 5.74) is 6.85. The van der Waals surface area contributed by atoms with Gasteiger partial charge >= 0.3 is 5.97 Å². The summed E-state index contributed by atoms with van der Waals surface area (Å²) in [4.78, 5) is 56.3. The lowest BCUT2D eigenvalue weighted by molar-refractivity contribution is 0.0519. The van der Waals surface area contributed by atoms with Crippen LogP contribution in [0.5, 0.6) is 0 Å². The zero-order chi connectivity index (χ0) is 21.6. The second-order valence-corrected chi connectivity index (χ2v) is 6.57. The minimum Gasteiger partial charge on any atom is -0.461 e. The maximum Gasteiger partial charge on any atom is 0.358 e. The average molecular weight is 407 g/mol. The fourth-order valence-corrected chi connectivity index (χ4v) is 3.38. The van der Waals surface area contributed by atoms with E-state index in [1.165, 1.54) is 0 Å². The molecule has 10 heteroatoms. The third-order valence-electron chi connectivity index (χ3n) is 4.71. The Labute approximate surface area is 169 Å². The van der Waals surface area contributed by atoms with Gasteiger partial charge in [0.2, 0.25) is 0 Å². The van der Waals surface area contributed by atoms with E-state index in [2.05, 4.69) is 15.3 Å². The van der Waals surface area contributed by atoms with E-state index in [1.807, 2.05) is 0 Å². The van der Waals surface area contributed by atoms with Gasteiger partial charge in [0.1, 0.15) is 11.6 Å². The van der Waals surface area contributed by atoms with E-state index in [1.54, 1.807) is 38.1 Å². The number of hydrogen-bond acceptors (Lipinski definition) is 7. The van der Waals surface area contributed by atoms with Gasteiger partial charge in [0.15, 0.2) is 5.69 Å². The molecule has 2 amide bonds. The van der Waals surface area contributed by atoms with Crippen LogP contribution in [0, 0.1) is 6.92 Å². The maximum atomic E-state index is 12.8. The number of ether oxygens (including phenoxy) is 1. The molecule has 1 aliphatic rings. The molecule has 1 aliphatic heterocycles. The number of imide groups is 1. The molecule has 4 rings (SSSR count). The zero-order valence-electron chi connectivity index (χ0n) is 16.1. The minimum absolute atomic E-state index is 0.0581. The number of nitrogen functional groups attached to an aromatic ring is 1. The summed E-state index contributed by atoms with van der Waals surface area (Å²) in [6.07, 6.45) is 0. The summed E-state index contributed by atoms with van der Waals surface area (Å²) in [5, 5.41) is 2.13. The molecule has 0 bridgehead atoms. The number of aromatic nitrogens is 3. The highest BCUT2D eigenvalue weighted by Crippen LogP contribution is 2.29. The molecule has 0 saturated carbocycles. The standard InChI is InChI=1S/C20H17N5O5/c1-3-30-20(29)15-9(2)22-17(23-15)10-6-4-5-7-12(10)25-13(26)8-11-14(16(25)21)19(28)24-18(11)27/h4-8H,3,21H2,1-2H3,(H,22,23)(H,24,27,28). The highest BCUT2D eigenvalue weighted by atomic mass is 16.5. The van der Waals surface area contributed by atoms with E-state index < -0.39 is 23.3 Å². The first-order valence-corrected chi connectivity index (χ1v) is 9.08. The number of pyridine rings is 1. The topological polar surface area (TPSA) is 149 Å². The van der Waals surface area contributed by atoms with E-state index in [9.17, 15) is 19.2 Å². The van der Waals surface area contributed by atoms with Gasteiger partial charge in [0.05, 0.1) is 23.4 Å². The Morgan fingerprint density at radius 2 is 1.90 bits per heavy atom. The van der Waals surface area contributed by atoms with E-state index >= 15 is 0 Å². The number of carbonyl (C=O) groups excluding carboxylic acids is 3. The fourth-order valence-electron chi connectivity index (χ4n) is 3.38. The van der Waals surface area contributed by atoms with Crippen molar-refractivity contribution in [3.05, 3.63) is 63.2 Å². The van der Waals surface area contributed by atoms with Crippen molar-refractivity contribution in [1.29, 1.82) is 0 Å². The third-order valence-corrected chi connectivity index (χ3v) is 4.71. The van der Waals surface area contributed by atoms with E-state index in [4.69, 9.17) is 10.5 Å². The number of anilines is 1. The van der Waals surface area contributed by atoms with Crippen molar-refractivity contribution in [2.75, 3.05) is 12.3 Å². The van der Waals surface area contributed by atoms with Gasteiger partial charge < -0.3 is 15.5 Å². The summed E-state index contributed by atoms with van der Waals surface area (Å²) in [6, 6.07) is 7.79. The Balaban J connectivity index is 1.92. The second kappa shape index (κ2) is 6.99. The lowest BCUT2D eigenvalue weighted by atomic mass is 10.1. The number of aromatic amines is 1. The number of rotatable bonds is 4. The molecule has 3 heterocycles. The average Bonchev–Trinajstić information content (AvgIpc) is 3.22. The molecule has 0 radical (unpaired) electrons. The van der Waals surface area contributed by atoms with Crippen LogP contribution in [0.4, 0.5) is 5.82 Å². The number of nitrogens with zero attached hydrogens (tertiary/aromatic N) is 2. The fraction of sp³-hybridized carbons (Fsp3) is 0.150.